The number of nitrogens with zero attached hydrogens (tertiary/aromatic N) is 2. The molecule has 0 atom stereocenters. The average molecular weight is 196 g/mol. The van der Waals surface area contributed by atoms with Crippen molar-refractivity contribution in [3.63, 3.8) is 0 Å². The Labute approximate surface area is 86.4 Å². The van der Waals surface area contributed by atoms with Crippen LogP contribution in [0.4, 0.5) is 0 Å². The molecule has 72 valence electrons. The first-order valence-electron chi connectivity index (χ1n) is 4.67. The summed E-state index contributed by atoms with van der Waals surface area (Å²) in [4.78, 5) is 8.44. The minimum absolute atomic E-state index is 0.813. The zero-order valence-corrected chi connectivity index (χ0v) is 7.92. The van der Waals surface area contributed by atoms with Gasteiger partial charge in [-0.2, -0.15) is 0 Å². The van der Waals surface area contributed by atoms with Gasteiger partial charge in [0, 0.05) is 17.1 Å². The number of hydrogen-bond acceptors (Lipinski definition) is 3. The van der Waals surface area contributed by atoms with Gasteiger partial charge in [-0.15, -0.1) is 0 Å². The van der Waals surface area contributed by atoms with Crippen LogP contribution in [0.2, 0.25) is 0 Å². The van der Waals surface area contributed by atoms with Crippen LogP contribution in [0.5, 0.6) is 0 Å². The van der Waals surface area contributed by atoms with E-state index in [1.165, 1.54) is 6.39 Å². The highest BCUT2D eigenvalue weighted by Gasteiger charge is 2.02. The normalized spacial score (nSPS) is 10.7. The summed E-state index contributed by atoms with van der Waals surface area (Å²) in [5.41, 5.74) is 2.78. The molecule has 3 aromatic rings. The summed E-state index contributed by atoms with van der Waals surface area (Å²) in [6, 6.07) is 10.1. The third-order valence-electron chi connectivity index (χ3n) is 2.32. The van der Waals surface area contributed by atoms with Crippen LogP contribution in [0, 0.1) is 0 Å². The van der Waals surface area contributed by atoms with Gasteiger partial charge in [0.15, 0.2) is 6.39 Å². The Morgan fingerprint density at radius 3 is 2.87 bits per heavy atom. The lowest BCUT2D eigenvalue weighted by molar-refractivity contribution is 0.558. The lowest BCUT2D eigenvalue weighted by atomic mass is 10.1. The number of para-hydroxylation sites is 1. The molecule has 0 spiro atoms. The largest absolute Gasteiger partial charge is 0.451 e. The topological polar surface area (TPSA) is 38.9 Å². The van der Waals surface area contributed by atoms with Gasteiger partial charge in [0.1, 0.15) is 12.0 Å². The molecule has 3 heteroatoms. The number of oxazole rings is 1. The fourth-order valence-electron chi connectivity index (χ4n) is 1.57. The van der Waals surface area contributed by atoms with Crippen molar-refractivity contribution in [2.75, 3.05) is 0 Å². The van der Waals surface area contributed by atoms with Crippen molar-refractivity contribution in [2.45, 2.75) is 0 Å². The van der Waals surface area contributed by atoms with E-state index in [1.54, 1.807) is 12.5 Å². The van der Waals surface area contributed by atoms with Crippen LogP contribution in [-0.4, -0.2) is 9.97 Å². The Morgan fingerprint density at radius 1 is 1.07 bits per heavy atom. The zero-order chi connectivity index (χ0) is 10.1. The summed E-state index contributed by atoms with van der Waals surface area (Å²) in [6.07, 6.45) is 4.84. The summed E-state index contributed by atoms with van der Waals surface area (Å²) in [6.45, 7) is 0. The van der Waals surface area contributed by atoms with Crippen molar-refractivity contribution in [3.8, 4) is 11.3 Å². The second-order valence-electron chi connectivity index (χ2n) is 3.29. The third kappa shape index (κ3) is 1.38. The fourth-order valence-corrected chi connectivity index (χ4v) is 1.57. The average Bonchev–Trinajstić information content (AvgIpc) is 2.82. The van der Waals surface area contributed by atoms with Crippen molar-refractivity contribution >= 4 is 10.9 Å². The fraction of sp³-hybridized carbons (Fsp3) is 0. The molecule has 1 aromatic carbocycles. The minimum Gasteiger partial charge on any atom is -0.451 e. The van der Waals surface area contributed by atoms with E-state index in [1.807, 2.05) is 24.3 Å². The predicted molar refractivity (Wildman–Crippen MR) is 57.2 cm³/mol. The molecular weight excluding hydrogens is 188 g/mol. The first-order chi connectivity index (χ1) is 7.43. The first-order valence-corrected chi connectivity index (χ1v) is 4.67. The monoisotopic (exact) mass is 196 g/mol. The van der Waals surface area contributed by atoms with Crippen LogP contribution in [0.3, 0.4) is 0 Å². The molecule has 0 fully saturated rings. The van der Waals surface area contributed by atoms with E-state index in [9.17, 15) is 0 Å². The Morgan fingerprint density at radius 2 is 2.00 bits per heavy atom. The van der Waals surface area contributed by atoms with Gasteiger partial charge in [0.05, 0.1) is 5.52 Å². The quantitative estimate of drug-likeness (QED) is 0.600. The highest BCUT2D eigenvalue weighted by Crippen LogP contribution is 2.20. The van der Waals surface area contributed by atoms with Gasteiger partial charge in [0.2, 0.25) is 0 Å². The van der Waals surface area contributed by atoms with E-state index in [0.29, 0.717) is 0 Å². The van der Waals surface area contributed by atoms with Crippen molar-refractivity contribution in [2.24, 2.45) is 0 Å². The van der Waals surface area contributed by atoms with Crippen LogP contribution < -0.4 is 0 Å². The number of rotatable bonds is 1. The number of benzene rings is 1. The molecule has 2 heterocycles. The molecule has 3 nitrogen and oxygen atoms in total. The molecule has 0 saturated carbocycles. The van der Waals surface area contributed by atoms with E-state index >= 15 is 0 Å². The van der Waals surface area contributed by atoms with E-state index in [0.717, 1.165) is 22.2 Å². The van der Waals surface area contributed by atoms with Crippen molar-refractivity contribution in [1.29, 1.82) is 0 Å². The second kappa shape index (κ2) is 3.20. The van der Waals surface area contributed by atoms with Gasteiger partial charge < -0.3 is 4.42 Å². The summed E-state index contributed by atoms with van der Waals surface area (Å²) < 4.78 is 4.94. The van der Waals surface area contributed by atoms with Crippen molar-refractivity contribution in [1.82, 2.24) is 9.97 Å². The second-order valence-corrected chi connectivity index (χ2v) is 3.29. The van der Waals surface area contributed by atoms with Gasteiger partial charge >= 0.3 is 0 Å². The molecule has 15 heavy (non-hydrogen) atoms. The van der Waals surface area contributed by atoms with E-state index < -0.39 is 0 Å². The van der Waals surface area contributed by atoms with Crippen LogP contribution in [0.25, 0.3) is 22.2 Å². The van der Waals surface area contributed by atoms with Gasteiger partial charge in [-0.25, -0.2) is 4.98 Å². The van der Waals surface area contributed by atoms with Gasteiger partial charge in [-0.1, -0.05) is 18.2 Å². The van der Waals surface area contributed by atoms with Crippen LogP contribution in [-0.2, 0) is 0 Å². The molecule has 0 aliphatic carbocycles. The lowest BCUT2D eigenvalue weighted by Gasteiger charge is -1.98. The molecule has 0 N–H and O–H groups in total. The number of fused-ring (bicyclic) bond motifs is 1. The van der Waals surface area contributed by atoms with Crippen LogP contribution in [0.1, 0.15) is 0 Å². The van der Waals surface area contributed by atoms with Crippen molar-refractivity contribution in [3.05, 3.63) is 49.2 Å². The molecule has 0 bridgehead atoms. The molecule has 0 unspecified atom stereocenters. The van der Waals surface area contributed by atoms with Gasteiger partial charge in [0.25, 0.3) is 0 Å². The molecule has 0 saturated heterocycles. The van der Waals surface area contributed by atoms with Crippen LogP contribution >= 0.6 is 0 Å². The SMILES string of the molecule is c1ccc2ncc(-c3cocn3)cc2c1. The molecule has 3 rings (SSSR count). The maximum atomic E-state index is 4.94. The van der Waals surface area contributed by atoms with Crippen molar-refractivity contribution < 1.29 is 4.42 Å². The standard InChI is InChI=1S/C12H8N2O/c1-2-4-11-9(3-1)5-10(6-13-11)12-7-15-8-14-12/h1-8H. The summed E-state index contributed by atoms with van der Waals surface area (Å²) in [5.74, 6) is 0. The molecule has 0 aliphatic rings. The Hall–Kier alpha value is -2.16. The van der Waals surface area contributed by atoms with Gasteiger partial charge in [-0.3, -0.25) is 4.98 Å². The smallest absolute Gasteiger partial charge is 0.181 e. The maximum Gasteiger partial charge on any atom is 0.181 e. The summed E-state index contributed by atoms with van der Waals surface area (Å²) in [5, 5.41) is 1.11. The summed E-state index contributed by atoms with van der Waals surface area (Å²) in [7, 11) is 0. The van der Waals surface area contributed by atoms with E-state index in [4.69, 9.17) is 4.42 Å². The summed E-state index contributed by atoms with van der Waals surface area (Å²) >= 11 is 0. The third-order valence-corrected chi connectivity index (χ3v) is 2.32. The highest BCUT2D eigenvalue weighted by molar-refractivity contribution is 5.82. The number of aromatic nitrogens is 2. The Kier molecular flexibility index (Phi) is 1.75. The molecule has 0 amide bonds. The maximum absolute atomic E-state index is 4.94. The highest BCUT2D eigenvalue weighted by atomic mass is 16.3. The molecule has 2 aromatic heterocycles. The predicted octanol–water partition coefficient (Wildman–Crippen LogP) is 2.89. The zero-order valence-electron chi connectivity index (χ0n) is 7.92. The lowest BCUT2D eigenvalue weighted by Crippen LogP contribution is -1.82. The number of hydrogen-bond donors (Lipinski definition) is 0. The van der Waals surface area contributed by atoms with E-state index in [-0.39, 0.29) is 0 Å². The van der Waals surface area contributed by atoms with Crippen LogP contribution in [0.15, 0.2) is 53.6 Å². The first kappa shape index (κ1) is 8.17. The minimum atomic E-state index is 0.813. The molecule has 0 aliphatic heterocycles. The number of pyridine rings is 1. The Bertz CT molecular complexity index is 587. The van der Waals surface area contributed by atoms with Gasteiger partial charge in [-0.05, 0) is 12.1 Å². The molecule has 0 radical (unpaired) electrons. The van der Waals surface area contributed by atoms with E-state index in [2.05, 4.69) is 16.0 Å². The molecular formula is C12H8N2O. The Balaban J connectivity index is 2.22.